The molecule has 154 valence electrons. The molecule has 0 fully saturated rings. The number of aliphatic hydroxyl groups is 1. The van der Waals surface area contributed by atoms with Gasteiger partial charge < -0.3 is 14.4 Å². The summed E-state index contributed by atoms with van der Waals surface area (Å²) in [5.41, 5.74) is 1.82. The average molecular weight is 486 g/mol. The molecule has 0 radical (unpaired) electrons. The molecule has 0 unspecified atom stereocenters. The van der Waals surface area contributed by atoms with Crippen LogP contribution in [0.25, 0.3) is 5.65 Å². The highest BCUT2D eigenvalue weighted by Crippen LogP contribution is 2.36. The van der Waals surface area contributed by atoms with E-state index in [0.717, 1.165) is 4.47 Å². The summed E-state index contributed by atoms with van der Waals surface area (Å²) in [4.78, 5) is 23.6. The van der Waals surface area contributed by atoms with Crippen molar-refractivity contribution in [3.63, 3.8) is 0 Å². The highest BCUT2D eigenvalue weighted by Gasteiger charge is 2.26. The molecule has 0 aliphatic heterocycles. The smallest absolute Gasteiger partial charge is 0.278 e. The lowest BCUT2D eigenvalue weighted by molar-refractivity contribution is -0.0956. The summed E-state index contributed by atoms with van der Waals surface area (Å²) in [6, 6.07) is 5.14. The predicted molar refractivity (Wildman–Crippen MR) is 112 cm³/mol. The van der Waals surface area contributed by atoms with Crippen LogP contribution in [-0.4, -0.2) is 39.7 Å². The normalized spacial score (nSPS) is 11.7. The van der Waals surface area contributed by atoms with Gasteiger partial charge in [-0.05, 0) is 32.0 Å². The molecule has 0 aliphatic rings. The Hall–Kier alpha value is -2.20. The number of amides is 1. The zero-order valence-corrected chi connectivity index (χ0v) is 18.3. The first-order valence-corrected chi connectivity index (χ1v) is 9.75. The van der Waals surface area contributed by atoms with Crippen LogP contribution in [-0.2, 0) is 4.84 Å². The van der Waals surface area contributed by atoms with Gasteiger partial charge in [0.15, 0.2) is 11.5 Å². The molecule has 3 rings (SSSR count). The Morgan fingerprint density at radius 1 is 1.48 bits per heavy atom. The van der Waals surface area contributed by atoms with E-state index in [-0.39, 0.29) is 23.5 Å². The zero-order valence-electron chi connectivity index (χ0n) is 15.9. The third kappa shape index (κ3) is 4.37. The fourth-order valence-electron chi connectivity index (χ4n) is 2.65. The first-order chi connectivity index (χ1) is 13.6. The molecule has 2 N–H and O–H groups in total. The number of hydrogen-bond acceptors (Lipinski definition) is 5. The maximum absolute atomic E-state index is 15.4. The Morgan fingerprint density at radius 2 is 2.21 bits per heavy atom. The molecule has 29 heavy (non-hydrogen) atoms. The second-order valence-electron chi connectivity index (χ2n) is 6.97. The van der Waals surface area contributed by atoms with Crippen molar-refractivity contribution < 1.29 is 19.1 Å². The van der Waals surface area contributed by atoms with Gasteiger partial charge in [-0.3, -0.25) is 9.63 Å². The van der Waals surface area contributed by atoms with Gasteiger partial charge in [-0.15, -0.1) is 0 Å². The first kappa shape index (κ1) is 21.5. The molecule has 0 aliphatic carbocycles. The van der Waals surface area contributed by atoms with E-state index in [1.807, 2.05) is 0 Å². The fourth-order valence-corrected chi connectivity index (χ4v) is 3.45. The number of rotatable bonds is 6. The molecule has 0 atom stereocenters. The fraction of sp³-hybridized carbons (Fsp3) is 0.263. The number of hydrogen-bond donors (Lipinski definition) is 2. The lowest BCUT2D eigenvalue weighted by Crippen LogP contribution is -2.39. The number of imidazole rings is 1. The standard InChI is InChI=1S/C19H19BrClFN4O3/c1-19(2,10-27)29-24-18(28)12-9-26-7-6-23-17(26)15(22)16(12)25(3)14-5-4-11(20)8-13(14)21/h4-9,27H,10H2,1-3H3,(H,24,28). The van der Waals surface area contributed by atoms with Gasteiger partial charge in [-0.1, -0.05) is 27.5 Å². The van der Waals surface area contributed by atoms with Crippen LogP contribution in [0.2, 0.25) is 5.02 Å². The molecule has 10 heteroatoms. The van der Waals surface area contributed by atoms with Gasteiger partial charge in [0.2, 0.25) is 0 Å². The molecule has 2 aromatic heterocycles. The minimum atomic E-state index is -1.01. The number of aromatic nitrogens is 2. The summed E-state index contributed by atoms with van der Waals surface area (Å²) < 4.78 is 17.5. The summed E-state index contributed by atoms with van der Waals surface area (Å²) in [7, 11) is 1.60. The third-order valence-corrected chi connectivity index (χ3v) is 5.04. The summed E-state index contributed by atoms with van der Waals surface area (Å²) in [5, 5.41) is 9.67. The van der Waals surface area contributed by atoms with E-state index < -0.39 is 17.3 Å². The maximum Gasteiger partial charge on any atom is 0.278 e. The van der Waals surface area contributed by atoms with Crippen molar-refractivity contribution in [3.05, 3.63) is 57.7 Å². The summed E-state index contributed by atoms with van der Waals surface area (Å²) >= 11 is 9.66. The zero-order chi connectivity index (χ0) is 21.3. The van der Waals surface area contributed by atoms with Crippen molar-refractivity contribution in [2.24, 2.45) is 0 Å². The first-order valence-electron chi connectivity index (χ1n) is 8.58. The van der Waals surface area contributed by atoms with Crippen molar-refractivity contribution in [1.29, 1.82) is 0 Å². The second kappa shape index (κ2) is 8.27. The largest absolute Gasteiger partial charge is 0.393 e. The number of nitrogens with one attached hydrogen (secondary N) is 1. The molecular formula is C19H19BrClFN4O3. The highest BCUT2D eigenvalue weighted by molar-refractivity contribution is 9.10. The van der Waals surface area contributed by atoms with Gasteiger partial charge in [-0.25, -0.2) is 14.9 Å². The van der Waals surface area contributed by atoms with E-state index in [9.17, 15) is 9.90 Å². The SMILES string of the molecule is CN(c1ccc(Br)cc1Cl)c1c(C(=O)NOC(C)(C)CO)cn2ccnc2c1F. The van der Waals surface area contributed by atoms with Crippen LogP contribution in [0.3, 0.4) is 0 Å². The maximum atomic E-state index is 15.4. The van der Waals surface area contributed by atoms with Crippen molar-refractivity contribution in [2.45, 2.75) is 19.4 Å². The molecule has 0 bridgehead atoms. The Bertz CT molecular complexity index is 1070. The topological polar surface area (TPSA) is 79.1 Å². The number of carbonyl (C=O) groups excluding carboxylic acids is 1. The number of pyridine rings is 1. The van der Waals surface area contributed by atoms with Gasteiger partial charge in [-0.2, -0.15) is 0 Å². The van der Waals surface area contributed by atoms with Crippen LogP contribution in [0.15, 0.2) is 41.3 Å². The van der Waals surface area contributed by atoms with Crippen molar-refractivity contribution in [3.8, 4) is 0 Å². The summed E-state index contributed by atoms with van der Waals surface area (Å²) in [6.07, 6.45) is 4.42. The molecule has 1 aromatic carbocycles. The van der Waals surface area contributed by atoms with Crippen LogP contribution in [0.4, 0.5) is 15.8 Å². The van der Waals surface area contributed by atoms with Gasteiger partial charge in [0.05, 0.1) is 28.6 Å². The Morgan fingerprint density at radius 3 is 2.86 bits per heavy atom. The number of nitrogens with zero attached hydrogens (tertiary/aromatic N) is 3. The minimum absolute atomic E-state index is 0.00299. The Balaban J connectivity index is 2.10. The van der Waals surface area contributed by atoms with Crippen LogP contribution >= 0.6 is 27.5 Å². The minimum Gasteiger partial charge on any atom is -0.393 e. The Kier molecular flexibility index (Phi) is 6.13. The molecule has 1 amide bonds. The lowest BCUT2D eigenvalue weighted by atomic mass is 10.1. The monoisotopic (exact) mass is 484 g/mol. The van der Waals surface area contributed by atoms with Gasteiger partial charge in [0.1, 0.15) is 5.60 Å². The third-order valence-electron chi connectivity index (χ3n) is 4.25. The highest BCUT2D eigenvalue weighted by atomic mass is 79.9. The summed E-state index contributed by atoms with van der Waals surface area (Å²) in [6.45, 7) is 2.88. The average Bonchev–Trinajstić information content (AvgIpc) is 3.14. The molecular weight excluding hydrogens is 467 g/mol. The van der Waals surface area contributed by atoms with Crippen molar-refractivity contribution in [2.75, 3.05) is 18.6 Å². The molecule has 7 nitrogen and oxygen atoms in total. The summed E-state index contributed by atoms with van der Waals surface area (Å²) in [5.74, 6) is -1.37. The van der Waals surface area contributed by atoms with E-state index in [1.54, 1.807) is 39.1 Å². The van der Waals surface area contributed by atoms with E-state index in [1.165, 1.54) is 27.9 Å². The van der Waals surface area contributed by atoms with Gasteiger partial charge >= 0.3 is 0 Å². The van der Waals surface area contributed by atoms with E-state index in [2.05, 4.69) is 26.4 Å². The molecule has 2 heterocycles. The van der Waals surface area contributed by atoms with Crippen LogP contribution in [0.5, 0.6) is 0 Å². The number of aliphatic hydroxyl groups excluding tert-OH is 1. The quantitative estimate of drug-likeness (QED) is 0.514. The number of benzene rings is 1. The number of carbonyl (C=O) groups is 1. The van der Waals surface area contributed by atoms with Gasteiger partial charge in [0, 0.05) is 30.1 Å². The van der Waals surface area contributed by atoms with Crippen molar-refractivity contribution in [1.82, 2.24) is 14.9 Å². The van der Waals surface area contributed by atoms with Crippen LogP contribution < -0.4 is 10.4 Å². The second-order valence-corrected chi connectivity index (χ2v) is 8.29. The predicted octanol–water partition coefficient (Wildman–Crippen LogP) is 4.09. The van der Waals surface area contributed by atoms with E-state index in [4.69, 9.17) is 16.4 Å². The van der Waals surface area contributed by atoms with Gasteiger partial charge in [0.25, 0.3) is 5.91 Å². The molecule has 0 spiro atoms. The van der Waals surface area contributed by atoms with E-state index in [0.29, 0.717) is 10.7 Å². The lowest BCUT2D eigenvalue weighted by Gasteiger charge is -2.26. The number of hydroxylamine groups is 1. The van der Waals surface area contributed by atoms with Crippen LogP contribution in [0.1, 0.15) is 24.2 Å². The Labute approximate surface area is 180 Å². The molecule has 0 saturated carbocycles. The van der Waals surface area contributed by atoms with Crippen LogP contribution in [0, 0.1) is 5.82 Å². The van der Waals surface area contributed by atoms with Crippen molar-refractivity contribution >= 4 is 50.5 Å². The number of fused-ring (bicyclic) bond motifs is 1. The molecule has 0 saturated heterocycles. The number of halogens is 3. The van der Waals surface area contributed by atoms with E-state index >= 15 is 4.39 Å². The number of anilines is 2. The molecule has 3 aromatic rings.